The fourth-order valence-electron chi connectivity index (χ4n) is 1.75. The van der Waals surface area contributed by atoms with E-state index in [1.54, 1.807) is 19.2 Å². The lowest BCUT2D eigenvalue weighted by Gasteiger charge is -2.11. The number of imidazole rings is 1. The number of aromatic nitrogens is 2. The summed E-state index contributed by atoms with van der Waals surface area (Å²) in [6.45, 7) is 2.11. The molecule has 0 fully saturated rings. The lowest BCUT2D eigenvalue weighted by molar-refractivity contribution is -0.137. The molecule has 1 aromatic heterocycles. The van der Waals surface area contributed by atoms with E-state index in [9.17, 15) is 13.2 Å². The molecular formula is C13H11F3N4. The van der Waals surface area contributed by atoms with E-state index in [0.717, 1.165) is 23.7 Å². The van der Waals surface area contributed by atoms with Gasteiger partial charge in [0.05, 0.1) is 35.6 Å². The second-order valence-electron chi connectivity index (χ2n) is 4.22. The number of aryl methyl sites for hydroxylation is 1. The number of alkyl halides is 3. The van der Waals surface area contributed by atoms with Crippen LogP contribution in [-0.4, -0.2) is 9.97 Å². The summed E-state index contributed by atoms with van der Waals surface area (Å²) in [4.78, 5) is 6.96. The van der Waals surface area contributed by atoms with Crippen LogP contribution in [0.2, 0.25) is 0 Å². The van der Waals surface area contributed by atoms with E-state index >= 15 is 0 Å². The maximum Gasteiger partial charge on any atom is 0.417 e. The Morgan fingerprint density at radius 2 is 2.15 bits per heavy atom. The Balaban J connectivity index is 2.19. The molecule has 2 aromatic rings. The Hall–Kier alpha value is -2.49. The van der Waals surface area contributed by atoms with Gasteiger partial charge in [-0.3, -0.25) is 0 Å². The fraction of sp³-hybridized carbons (Fsp3) is 0.231. The minimum atomic E-state index is -4.55. The SMILES string of the molecule is Cc1ncc(CNc2ccc(C#N)c(C(F)(F)F)c2)[nH]1. The van der Waals surface area contributed by atoms with Crippen molar-refractivity contribution in [1.29, 1.82) is 5.26 Å². The highest BCUT2D eigenvalue weighted by atomic mass is 19.4. The minimum absolute atomic E-state index is 0.295. The Morgan fingerprint density at radius 3 is 2.70 bits per heavy atom. The summed E-state index contributed by atoms with van der Waals surface area (Å²) < 4.78 is 38.4. The van der Waals surface area contributed by atoms with Gasteiger partial charge in [-0.2, -0.15) is 18.4 Å². The van der Waals surface area contributed by atoms with Gasteiger partial charge >= 0.3 is 6.18 Å². The predicted octanol–water partition coefficient (Wildman–Crippen LogP) is 3.22. The lowest BCUT2D eigenvalue weighted by atomic mass is 10.1. The number of nitrogens with zero attached hydrogens (tertiary/aromatic N) is 2. The summed E-state index contributed by atoms with van der Waals surface area (Å²) in [5, 5.41) is 11.6. The molecule has 0 aliphatic heterocycles. The standard InChI is InChI=1S/C13H11F3N4/c1-8-18-6-11(20-8)7-19-10-3-2-9(5-17)12(4-10)13(14,15)16/h2-4,6,19H,7H2,1H3,(H,18,20). The number of nitriles is 1. The summed E-state index contributed by atoms with van der Waals surface area (Å²) in [7, 11) is 0. The van der Waals surface area contributed by atoms with Gasteiger partial charge in [0.2, 0.25) is 0 Å². The van der Waals surface area contributed by atoms with E-state index in [-0.39, 0.29) is 5.56 Å². The molecule has 0 aliphatic rings. The van der Waals surface area contributed by atoms with Crippen LogP contribution < -0.4 is 5.32 Å². The molecule has 0 aliphatic carbocycles. The Morgan fingerprint density at radius 1 is 1.40 bits per heavy atom. The van der Waals surface area contributed by atoms with E-state index < -0.39 is 11.7 Å². The first-order chi connectivity index (χ1) is 9.40. The van der Waals surface area contributed by atoms with Crippen molar-refractivity contribution in [3.63, 3.8) is 0 Å². The number of anilines is 1. The average Bonchev–Trinajstić information content (AvgIpc) is 2.81. The molecule has 0 amide bonds. The second kappa shape index (κ2) is 5.25. The van der Waals surface area contributed by atoms with Crippen molar-refractivity contribution in [3.8, 4) is 6.07 Å². The van der Waals surface area contributed by atoms with Crippen LogP contribution in [0.5, 0.6) is 0 Å². The number of rotatable bonds is 3. The van der Waals surface area contributed by atoms with Crippen LogP contribution in [0.15, 0.2) is 24.4 Å². The number of nitrogens with one attached hydrogen (secondary N) is 2. The number of halogens is 3. The van der Waals surface area contributed by atoms with Crippen LogP contribution in [0.4, 0.5) is 18.9 Å². The smallest absolute Gasteiger partial charge is 0.379 e. The van der Waals surface area contributed by atoms with Gasteiger partial charge in [-0.1, -0.05) is 0 Å². The maximum atomic E-state index is 12.8. The molecule has 104 valence electrons. The van der Waals surface area contributed by atoms with Crippen molar-refractivity contribution < 1.29 is 13.2 Å². The van der Waals surface area contributed by atoms with Gasteiger partial charge in [-0.15, -0.1) is 0 Å². The van der Waals surface area contributed by atoms with E-state index in [0.29, 0.717) is 12.2 Å². The molecule has 1 aromatic carbocycles. The average molecular weight is 280 g/mol. The first-order valence-electron chi connectivity index (χ1n) is 5.76. The molecule has 0 bridgehead atoms. The van der Waals surface area contributed by atoms with Crippen molar-refractivity contribution in [1.82, 2.24) is 9.97 Å². The Kier molecular flexibility index (Phi) is 3.66. The Bertz CT molecular complexity index is 652. The molecular weight excluding hydrogens is 269 g/mol. The van der Waals surface area contributed by atoms with Gasteiger partial charge in [-0.05, 0) is 25.1 Å². The highest BCUT2D eigenvalue weighted by molar-refractivity contribution is 5.53. The molecule has 0 saturated heterocycles. The van der Waals surface area contributed by atoms with E-state index in [1.165, 1.54) is 6.07 Å². The van der Waals surface area contributed by atoms with Gasteiger partial charge in [0.25, 0.3) is 0 Å². The topological polar surface area (TPSA) is 64.5 Å². The van der Waals surface area contributed by atoms with E-state index in [1.807, 2.05) is 0 Å². The van der Waals surface area contributed by atoms with Gasteiger partial charge in [0.15, 0.2) is 0 Å². The predicted molar refractivity (Wildman–Crippen MR) is 66.8 cm³/mol. The van der Waals surface area contributed by atoms with Crippen molar-refractivity contribution in [2.24, 2.45) is 0 Å². The second-order valence-corrected chi connectivity index (χ2v) is 4.22. The number of hydrogen-bond donors (Lipinski definition) is 2. The first kappa shape index (κ1) is 13.9. The molecule has 2 rings (SSSR count). The van der Waals surface area contributed by atoms with Crippen LogP contribution in [0.25, 0.3) is 0 Å². The van der Waals surface area contributed by atoms with E-state index in [2.05, 4.69) is 15.3 Å². The van der Waals surface area contributed by atoms with Gasteiger partial charge in [0, 0.05) is 5.69 Å². The largest absolute Gasteiger partial charge is 0.417 e. The van der Waals surface area contributed by atoms with Gasteiger partial charge < -0.3 is 10.3 Å². The first-order valence-corrected chi connectivity index (χ1v) is 5.76. The zero-order valence-corrected chi connectivity index (χ0v) is 10.5. The summed E-state index contributed by atoms with van der Waals surface area (Å²) >= 11 is 0. The highest BCUT2D eigenvalue weighted by Crippen LogP contribution is 2.33. The normalized spacial score (nSPS) is 11.2. The fourth-order valence-corrected chi connectivity index (χ4v) is 1.75. The number of H-pyrrole nitrogens is 1. The van der Waals surface area contributed by atoms with Crippen molar-refractivity contribution in [2.75, 3.05) is 5.32 Å². The van der Waals surface area contributed by atoms with Crippen LogP contribution >= 0.6 is 0 Å². The maximum absolute atomic E-state index is 12.8. The van der Waals surface area contributed by atoms with E-state index in [4.69, 9.17) is 5.26 Å². The van der Waals surface area contributed by atoms with Gasteiger partial charge in [0.1, 0.15) is 5.82 Å². The molecule has 2 N–H and O–H groups in total. The Labute approximate surface area is 113 Å². The summed E-state index contributed by atoms with van der Waals surface area (Å²) in [5.74, 6) is 0.734. The minimum Gasteiger partial charge on any atom is -0.379 e. The molecule has 0 unspecified atom stereocenters. The molecule has 20 heavy (non-hydrogen) atoms. The number of aromatic amines is 1. The monoisotopic (exact) mass is 280 g/mol. The third-order valence-electron chi connectivity index (χ3n) is 2.68. The molecule has 0 spiro atoms. The number of hydrogen-bond acceptors (Lipinski definition) is 3. The third kappa shape index (κ3) is 3.09. The molecule has 7 heteroatoms. The van der Waals surface area contributed by atoms with Crippen LogP contribution in [0.3, 0.4) is 0 Å². The quantitative estimate of drug-likeness (QED) is 0.907. The molecule has 4 nitrogen and oxygen atoms in total. The molecule has 0 saturated carbocycles. The van der Waals surface area contributed by atoms with Gasteiger partial charge in [-0.25, -0.2) is 4.98 Å². The zero-order chi connectivity index (χ0) is 14.8. The van der Waals surface area contributed by atoms with Crippen molar-refractivity contribution >= 4 is 5.69 Å². The van der Waals surface area contributed by atoms with Crippen LogP contribution in [-0.2, 0) is 12.7 Å². The number of benzene rings is 1. The summed E-state index contributed by atoms with van der Waals surface area (Å²) in [5.41, 5.74) is -0.268. The molecule has 0 atom stereocenters. The van der Waals surface area contributed by atoms with Crippen LogP contribution in [0, 0.1) is 18.3 Å². The lowest BCUT2D eigenvalue weighted by Crippen LogP contribution is -2.09. The summed E-state index contributed by atoms with van der Waals surface area (Å²) in [6, 6.07) is 5.07. The molecule has 1 heterocycles. The van der Waals surface area contributed by atoms with Crippen molar-refractivity contribution in [2.45, 2.75) is 19.6 Å². The highest BCUT2D eigenvalue weighted by Gasteiger charge is 2.33. The molecule has 0 radical (unpaired) electrons. The zero-order valence-electron chi connectivity index (χ0n) is 10.5. The summed E-state index contributed by atoms with van der Waals surface area (Å²) in [6.07, 6.45) is -2.94. The van der Waals surface area contributed by atoms with Crippen LogP contribution in [0.1, 0.15) is 22.6 Å². The van der Waals surface area contributed by atoms with Crippen molar-refractivity contribution in [3.05, 3.63) is 47.0 Å². The third-order valence-corrected chi connectivity index (χ3v) is 2.68.